The molecule has 1 aromatic carbocycles. The molecule has 1 rings (SSSR count). The van der Waals surface area contributed by atoms with E-state index in [9.17, 15) is 13.2 Å². The van der Waals surface area contributed by atoms with E-state index in [0.717, 1.165) is 12.1 Å². The van der Waals surface area contributed by atoms with Gasteiger partial charge >= 0.3 is 0 Å². The van der Waals surface area contributed by atoms with Crippen molar-refractivity contribution in [3.05, 3.63) is 35.1 Å². The van der Waals surface area contributed by atoms with Gasteiger partial charge in [-0.2, -0.15) is 0 Å². The van der Waals surface area contributed by atoms with Crippen LogP contribution in [0.1, 0.15) is 32.4 Å². The fraction of sp³-hybridized carbons (Fsp3) is 0.538. The molecule has 0 spiro atoms. The van der Waals surface area contributed by atoms with Crippen molar-refractivity contribution < 1.29 is 17.9 Å². The van der Waals surface area contributed by atoms with Crippen molar-refractivity contribution in [2.45, 2.75) is 32.9 Å². The van der Waals surface area contributed by atoms with Crippen molar-refractivity contribution in [2.24, 2.45) is 0 Å². The van der Waals surface area contributed by atoms with Crippen molar-refractivity contribution in [1.82, 2.24) is 5.32 Å². The second-order valence-corrected chi connectivity index (χ2v) is 4.29. The summed E-state index contributed by atoms with van der Waals surface area (Å²) >= 11 is 0. The second-order valence-electron chi connectivity index (χ2n) is 4.29. The number of rotatable bonds is 6. The van der Waals surface area contributed by atoms with Crippen LogP contribution in [-0.2, 0) is 4.74 Å². The molecule has 1 aromatic rings. The third-order valence-corrected chi connectivity index (χ3v) is 2.46. The summed E-state index contributed by atoms with van der Waals surface area (Å²) in [4.78, 5) is 0. The summed E-state index contributed by atoms with van der Waals surface area (Å²) in [6.45, 7) is 6.50. The van der Waals surface area contributed by atoms with Crippen LogP contribution in [0.15, 0.2) is 12.1 Å². The fourth-order valence-corrected chi connectivity index (χ4v) is 1.58. The van der Waals surface area contributed by atoms with E-state index in [1.54, 1.807) is 0 Å². The number of ether oxygens (including phenoxy) is 1. The van der Waals surface area contributed by atoms with E-state index in [0.29, 0.717) is 12.1 Å². The number of hydrogen-bond acceptors (Lipinski definition) is 2. The minimum atomic E-state index is -1.45. The van der Waals surface area contributed by atoms with E-state index in [2.05, 4.69) is 5.32 Å². The van der Waals surface area contributed by atoms with Crippen molar-refractivity contribution in [2.75, 3.05) is 13.2 Å². The molecule has 102 valence electrons. The number of hydrogen-bond donors (Lipinski definition) is 1. The summed E-state index contributed by atoms with van der Waals surface area (Å²) in [6, 6.07) is 1.63. The predicted octanol–water partition coefficient (Wildman–Crippen LogP) is 3.18. The SMILES string of the molecule is CCNC(COC(C)C)c1cc(F)c(F)c(F)c1. The van der Waals surface area contributed by atoms with Gasteiger partial charge in [0.1, 0.15) is 0 Å². The molecule has 0 fully saturated rings. The van der Waals surface area contributed by atoms with Gasteiger partial charge in [-0.3, -0.25) is 0 Å². The molecule has 0 saturated carbocycles. The Labute approximate surface area is 105 Å². The van der Waals surface area contributed by atoms with Crippen LogP contribution >= 0.6 is 0 Å². The van der Waals surface area contributed by atoms with Crippen LogP contribution in [0.3, 0.4) is 0 Å². The molecule has 0 aliphatic carbocycles. The first-order valence-electron chi connectivity index (χ1n) is 5.95. The molecular formula is C13H18F3NO. The normalized spacial score (nSPS) is 13.1. The van der Waals surface area contributed by atoms with Crippen LogP contribution in [0, 0.1) is 17.5 Å². The van der Waals surface area contributed by atoms with Crippen LogP contribution in [0.2, 0.25) is 0 Å². The summed E-state index contributed by atoms with van der Waals surface area (Å²) in [7, 11) is 0. The lowest BCUT2D eigenvalue weighted by atomic mass is 10.1. The van der Waals surface area contributed by atoms with Gasteiger partial charge in [0.05, 0.1) is 18.8 Å². The molecule has 5 heteroatoms. The van der Waals surface area contributed by atoms with Gasteiger partial charge in [0, 0.05) is 0 Å². The predicted molar refractivity (Wildman–Crippen MR) is 63.8 cm³/mol. The van der Waals surface area contributed by atoms with Crippen LogP contribution < -0.4 is 5.32 Å². The smallest absolute Gasteiger partial charge is 0.194 e. The summed E-state index contributed by atoms with van der Waals surface area (Å²) in [5.74, 6) is -3.81. The Morgan fingerprint density at radius 1 is 1.17 bits per heavy atom. The zero-order valence-corrected chi connectivity index (χ0v) is 10.8. The molecular weight excluding hydrogens is 243 g/mol. The molecule has 0 aliphatic heterocycles. The Morgan fingerprint density at radius 3 is 2.17 bits per heavy atom. The Bertz CT molecular complexity index is 373. The van der Waals surface area contributed by atoms with Gasteiger partial charge < -0.3 is 10.1 Å². The number of halogens is 3. The summed E-state index contributed by atoms with van der Waals surface area (Å²) < 4.78 is 44.6. The van der Waals surface area contributed by atoms with Crippen LogP contribution in [-0.4, -0.2) is 19.3 Å². The second kappa shape index (κ2) is 6.75. The van der Waals surface area contributed by atoms with Gasteiger partial charge in [0.15, 0.2) is 17.5 Å². The third-order valence-electron chi connectivity index (χ3n) is 2.46. The van der Waals surface area contributed by atoms with E-state index in [1.165, 1.54) is 0 Å². The Balaban J connectivity index is 2.91. The average Bonchev–Trinajstić information content (AvgIpc) is 2.30. The molecule has 0 aliphatic rings. The maximum absolute atomic E-state index is 13.2. The molecule has 18 heavy (non-hydrogen) atoms. The van der Waals surface area contributed by atoms with E-state index in [-0.39, 0.29) is 18.8 Å². The van der Waals surface area contributed by atoms with Crippen molar-refractivity contribution >= 4 is 0 Å². The highest BCUT2D eigenvalue weighted by atomic mass is 19.2. The van der Waals surface area contributed by atoms with Gasteiger partial charge in [0.2, 0.25) is 0 Å². The highest BCUT2D eigenvalue weighted by molar-refractivity contribution is 5.22. The maximum atomic E-state index is 13.2. The largest absolute Gasteiger partial charge is 0.377 e. The molecule has 1 N–H and O–H groups in total. The molecule has 0 saturated heterocycles. The standard InChI is InChI=1S/C13H18F3NO/c1-4-17-12(7-18-8(2)3)9-5-10(14)13(16)11(15)6-9/h5-6,8,12,17H,4,7H2,1-3H3. The molecule has 0 radical (unpaired) electrons. The van der Waals surface area contributed by atoms with Gasteiger partial charge in [-0.25, -0.2) is 13.2 Å². The van der Waals surface area contributed by atoms with E-state index < -0.39 is 17.5 Å². The molecule has 0 aromatic heterocycles. The molecule has 2 nitrogen and oxygen atoms in total. The molecule has 1 unspecified atom stereocenters. The lowest BCUT2D eigenvalue weighted by Crippen LogP contribution is -2.27. The van der Waals surface area contributed by atoms with E-state index in [1.807, 2.05) is 20.8 Å². The minimum absolute atomic E-state index is 0.0151. The first kappa shape index (κ1) is 15.0. The van der Waals surface area contributed by atoms with Crippen LogP contribution in [0.25, 0.3) is 0 Å². The highest BCUT2D eigenvalue weighted by Gasteiger charge is 2.17. The Hall–Kier alpha value is -1.07. The lowest BCUT2D eigenvalue weighted by molar-refractivity contribution is 0.0613. The number of nitrogens with one attached hydrogen (secondary N) is 1. The van der Waals surface area contributed by atoms with Crippen molar-refractivity contribution in [3.8, 4) is 0 Å². The fourth-order valence-electron chi connectivity index (χ4n) is 1.58. The molecule has 0 bridgehead atoms. The van der Waals surface area contributed by atoms with Crippen LogP contribution in [0.5, 0.6) is 0 Å². The number of benzene rings is 1. The van der Waals surface area contributed by atoms with Crippen molar-refractivity contribution in [3.63, 3.8) is 0 Å². The summed E-state index contributed by atoms with van der Waals surface area (Å²) in [5.41, 5.74) is 0.342. The lowest BCUT2D eigenvalue weighted by Gasteiger charge is -2.20. The zero-order chi connectivity index (χ0) is 13.7. The van der Waals surface area contributed by atoms with E-state index in [4.69, 9.17) is 4.74 Å². The van der Waals surface area contributed by atoms with Crippen LogP contribution in [0.4, 0.5) is 13.2 Å². The minimum Gasteiger partial charge on any atom is -0.377 e. The van der Waals surface area contributed by atoms with E-state index >= 15 is 0 Å². The number of likely N-dealkylation sites (N-methyl/N-ethyl adjacent to an activating group) is 1. The Kier molecular flexibility index (Phi) is 5.62. The highest BCUT2D eigenvalue weighted by Crippen LogP contribution is 2.20. The summed E-state index contributed by atoms with van der Waals surface area (Å²) in [5, 5.41) is 3.05. The molecule has 0 amide bonds. The van der Waals surface area contributed by atoms with Gasteiger partial charge in [-0.1, -0.05) is 6.92 Å². The van der Waals surface area contributed by atoms with Gasteiger partial charge in [0.25, 0.3) is 0 Å². The maximum Gasteiger partial charge on any atom is 0.194 e. The third kappa shape index (κ3) is 3.99. The first-order chi connectivity index (χ1) is 8.45. The molecule has 1 atom stereocenters. The Morgan fingerprint density at radius 2 is 1.72 bits per heavy atom. The quantitative estimate of drug-likeness (QED) is 0.794. The topological polar surface area (TPSA) is 21.3 Å². The molecule has 0 heterocycles. The average molecular weight is 261 g/mol. The zero-order valence-electron chi connectivity index (χ0n) is 10.8. The summed E-state index contributed by atoms with van der Waals surface area (Å²) in [6.07, 6.45) is 0.0151. The van der Waals surface area contributed by atoms with Gasteiger partial charge in [-0.05, 0) is 38.1 Å². The van der Waals surface area contributed by atoms with Crippen molar-refractivity contribution in [1.29, 1.82) is 0 Å². The monoisotopic (exact) mass is 261 g/mol. The van der Waals surface area contributed by atoms with Gasteiger partial charge in [-0.15, -0.1) is 0 Å². The first-order valence-corrected chi connectivity index (χ1v) is 5.95.